The van der Waals surface area contributed by atoms with Gasteiger partial charge in [0.25, 0.3) is 0 Å². The van der Waals surface area contributed by atoms with Gasteiger partial charge in [-0.1, -0.05) is 182 Å². The van der Waals surface area contributed by atoms with E-state index >= 15 is 0 Å². The Kier molecular flexibility index (Phi) is 33.7. The molecule has 22 rings (SSSR count). The van der Waals surface area contributed by atoms with Crippen LogP contribution < -0.4 is 18.9 Å². The smallest absolute Gasteiger partial charge is 0.344 e. The summed E-state index contributed by atoms with van der Waals surface area (Å²) in [6.07, 6.45) is 13.7. The standard InChI is InChI=1S/C32H33O5S.C30H29O5S.C22H20O3S.C20H20OS.C19H17OS/c1-20-13-27(38(25-9-5-3-6-10-25)26-11-7-4-8-12-26)14-21(2)30(20)35-19-29(33)37-31-23-15-22-16-24(18-23)32(34)36-28(31)17-22;1-18-13-23(36(21-9-5-3-6-10-21)22-11-7-4-8-12-22)14-19(2)27(18)33-17-26(31)34-28-20-15-24-25(16-20)30(32)35-29(24)28;1-16-13-20(14-17(2)22(16)25-15-21(23)24)26(18-9-5-3-6-10-18)19-11-7-4-8-12-19;1-15-13-19(14-16(2)20(15)21)22(17-9-5-3-6-10-17)18-11-7-4-8-12-18;1-20-16-12-14-19(15-13-16)21(17-8-4-2-5-9-17)18-10-6-3-7-11-18/h3-14,22-24,28,31H,15-19H2,1-2H3;3-14,20,24-25,28-29H,15-17H2,1-2H3;3-14H,15H2,1-2H3;3-11,13-14,18H,12H2,1-2H3;2-15H,1H3/q2*+1;;;+1/p+2. The minimum Gasteiger partial charge on any atom is -0.507 e. The van der Waals surface area contributed by atoms with E-state index in [4.69, 9.17) is 43.0 Å². The fourth-order valence-electron chi connectivity index (χ4n) is 20.7. The van der Waals surface area contributed by atoms with Crippen molar-refractivity contribution in [2.24, 2.45) is 35.5 Å². The van der Waals surface area contributed by atoms with Crippen LogP contribution in [0, 0.1) is 90.9 Å². The summed E-state index contributed by atoms with van der Waals surface area (Å²) in [4.78, 5) is 78.4. The number of phenolic OH excluding ortho intramolecular Hbond substituents is 1. The van der Waals surface area contributed by atoms with E-state index in [2.05, 4.69) is 322 Å². The summed E-state index contributed by atoms with van der Waals surface area (Å²) in [5.41, 5.74) is 7.74. The number of fused-ring (bicyclic) bond motifs is 2. The van der Waals surface area contributed by atoms with Gasteiger partial charge in [0, 0.05) is 72.7 Å². The monoisotopic (exact) mass is 2000 g/mol. The predicted molar refractivity (Wildman–Crippen MR) is 568 cm³/mol. The summed E-state index contributed by atoms with van der Waals surface area (Å²) in [7, 11) is 0.863. The van der Waals surface area contributed by atoms with Crippen LogP contribution in [0.3, 0.4) is 0 Å². The van der Waals surface area contributed by atoms with Crippen LogP contribution in [0.4, 0.5) is 0 Å². The molecule has 12 unspecified atom stereocenters. The largest absolute Gasteiger partial charge is 0.507 e. The SMILES string of the molecule is COc1ccc([S+](c2ccccc2)c2ccccc2)cc1.Cc1cc([S+](c2ccccc2)C2C=CC=CC2)cc(C)c1O.Cc1cc([S+](c2ccccc2)c2ccccc2)cc(C)c1OCC(=O)O.Cc1cc([S+](c2ccccc2)c2ccccc2)cc(C)c1OCC(=O)OC1C2CC3C(=O)OC1C3C2.Cc1cc([S+](c2ccccc2)c2ccccc2)cc(C)c1OCC(=O)OC1C2CC3CC(C2)C(=O)OC1C3. The minimum absolute atomic E-state index is 0.00586. The van der Waals surface area contributed by atoms with Crippen LogP contribution in [0.15, 0.2) is 439 Å². The number of hydrogen-bond acceptors (Lipinski definition) is 14. The Morgan fingerprint density at radius 2 is 0.692 bits per heavy atom. The fraction of sp³-hybridized carbons (Fsp3) is 0.244. The molecule has 0 spiro atoms. The van der Waals surface area contributed by atoms with E-state index < -0.39 is 17.9 Å². The molecule has 2 N–H and O–H groups in total. The molecule has 14 aromatic carbocycles. The van der Waals surface area contributed by atoms with Gasteiger partial charge in [0.15, 0.2) is 93.6 Å². The molecular formula is C123H121O15S5+5. The second kappa shape index (κ2) is 47.7. The number of carbonyl (C=O) groups is 5. The normalized spacial score (nSPS) is 19.6. The van der Waals surface area contributed by atoms with Crippen LogP contribution in [0.1, 0.15) is 89.5 Å². The third-order valence-electron chi connectivity index (χ3n) is 26.9. The maximum Gasteiger partial charge on any atom is 0.344 e. The lowest BCUT2D eigenvalue weighted by atomic mass is 9.67. The van der Waals surface area contributed by atoms with E-state index in [1.165, 1.54) is 68.5 Å². The molecule has 5 aliphatic carbocycles. The highest BCUT2D eigenvalue weighted by Gasteiger charge is 2.63. The van der Waals surface area contributed by atoms with Crippen LogP contribution in [0.2, 0.25) is 0 Å². The Bertz CT molecular complexity index is 6520. The van der Waals surface area contributed by atoms with Gasteiger partial charge in [-0.3, -0.25) is 9.59 Å². The number of carboxylic acid groups (broad SMARTS) is 1. The maximum absolute atomic E-state index is 12.9. The van der Waals surface area contributed by atoms with Gasteiger partial charge in [-0.15, -0.1) is 0 Å². The van der Waals surface area contributed by atoms with Crippen LogP contribution in [-0.4, -0.2) is 96.7 Å². The van der Waals surface area contributed by atoms with Crippen molar-refractivity contribution in [3.05, 3.63) is 415 Å². The topological polar surface area (TPSA) is 200 Å². The zero-order chi connectivity index (χ0) is 99.6. The van der Waals surface area contributed by atoms with Gasteiger partial charge in [0.1, 0.15) is 53.2 Å². The number of rotatable bonds is 27. The van der Waals surface area contributed by atoms with E-state index in [1.807, 2.05) is 104 Å². The average molecular weight is 2000 g/mol. The second-order valence-corrected chi connectivity index (χ2v) is 47.4. The van der Waals surface area contributed by atoms with Gasteiger partial charge in [-0.05, 0) is 284 Å². The van der Waals surface area contributed by atoms with E-state index in [0.717, 1.165) is 95.2 Å². The first kappa shape index (κ1) is 101. The highest BCUT2D eigenvalue weighted by molar-refractivity contribution is 7.98. The molecule has 0 aromatic heterocycles. The molecule has 3 saturated heterocycles. The Morgan fingerprint density at radius 3 is 1.06 bits per heavy atom. The zero-order valence-electron chi connectivity index (χ0n) is 81.9. The second-order valence-electron chi connectivity index (χ2n) is 37.0. The highest BCUT2D eigenvalue weighted by Crippen LogP contribution is 2.56. The molecule has 7 fully saturated rings. The Morgan fingerprint density at radius 1 is 0.350 bits per heavy atom. The van der Waals surface area contributed by atoms with Crippen molar-refractivity contribution in [2.45, 2.75) is 199 Å². The van der Waals surface area contributed by atoms with E-state index in [9.17, 15) is 29.1 Å². The van der Waals surface area contributed by atoms with E-state index in [1.54, 1.807) is 7.11 Å². The Labute approximate surface area is 854 Å². The molecule has 14 aromatic rings. The number of esters is 4. The number of hydrogen-bond donors (Lipinski definition) is 2. The lowest BCUT2D eigenvalue weighted by molar-refractivity contribution is -0.174. The van der Waals surface area contributed by atoms with Crippen molar-refractivity contribution in [3.8, 4) is 28.7 Å². The first-order valence-electron chi connectivity index (χ1n) is 48.7. The minimum atomic E-state index is -0.971. The maximum atomic E-state index is 12.9. The Balaban J connectivity index is 0.000000125. The van der Waals surface area contributed by atoms with Crippen molar-refractivity contribution in [3.63, 3.8) is 0 Å². The number of aromatic hydroxyl groups is 1. The summed E-state index contributed by atoms with van der Waals surface area (Å²) >= 11 is 0. The molecule has 4 saturated carbocycles. The Hall–Kier alpha value is -13.3. The van der Waals surface area contributed by atoms with Gasteiger partial charge in [0.2, 0.25) is 0 Å². The molecule has 728 valence electrons. The number of methoxy groups -OCH3 is 1. The summed E-state index contributed by atoms with van der Waals surface area (Å²) in [6.45, 7) is 15.3. The molecule has 20 heteroatoms. The van der Waals surface area contributed by atoms with Crippen molar-refractivity contribution in [2.75, 3.05) is 26.9 Å². The first-order chi connectivity index (χ1) is 69.6. The molecule has 0 amide bonds. The van der Waals surface area contributed by atoms with Crippen LogP contribution >= 0.6 is 0 Å². The van der Waals surface area contributed by atoms with Gasteiger partial charge in [-0.2, -0.15) is 0 Å². The molecule has 143 heavy (non-hydrogen) atoms. The quantitative estimate of drug-likeness (QED) is 0.0280. The zero-order valence-corrected chi connectivity index (χ0v) is 86.0. The van der Waals surface area contributed by atoms with Crippen molar-refractivity contribution >= 4 is 84.3 Å². The summed E-state index contributed by atoms with van der Waals surface area (Å²) in [5, 5.41) is 19.4. The summed E-state index contributed by atoms with van der Waals surface area (Å²) in [6, 6.07) is 120. The number of aryl methyl sites for hydroxylation is 8. The van der Waals surface area contributed by atoms with Gasteiger partial charge in [0.05, 0.1) is 73.4 Å². The van der Waals surface area contributed by atoms with Crippen LogP contribution in [0.25, 0.3) is 0 Å². The predicted octanol–water partition coefficient (Wildman–Crippen LogP) is 25.9. The number of carbonyl (C=O) groups excluding carboxylic acids is 4. The number of ether oxygens (including phenoxy) is 8. The third-order valence-corrected chi connectivity index (χ3v) is 38.2. The molecule has 6 bridgehead atoms. The number of allylic oxidation sites excluding steroid dienone is 3. The molecule has 8 aliphatic rings. The lowest BCUT2D eigenvalue weighted by Gasteiger charge is -2.41. The number of carboxylic acids is 1. The van der Waals surface area contributed by atoms with Crippen LogP contribution in [0.5, 0.6) is 28.7 Å². The van der Waals surface area contributed by atoms with Crippen molar-refractivity contribution < 1.29 is 72.1 Å². The van der Waals surface area contributed by atoms with E-state index in [-0.39, 0.29) is 140 Å². The van der Waals surface area contributed by atoms with Gasteiger partial charge in [-0.25, -0.2) is 14.4 Å². The highest BCUT2D eigenvalue weighted by atomic mass is 32.2. The third kappa shape index (κ3) is 24.6. The van der Waals surface area contributed by atoms with Crippen LogP contribution in [-0.2, 0) is 97.4 Å². The molecule has 3 aliphatic heterocycles. The molecule has 0 radical (unpaired) electrons. The summed E-state index contributed by atoms with van der Waals surface area (Å²) < 4.78 is 45.6. The first-order valence-corrected chi connectivity index (χ1v) is 54.9. The number of aliphatic carboxylic acids is 1. The molecule has 3 heterocycles. The van der Waals surface area contributed by atoms with Crippen molar-refractivity contribution in [1.29, 1.82) is 0 Å². The van der Waals surface area contributed by atoms with E-state index in [0.29, 0.717) is 34.2 Å². The van der Waals surface area contributed by atoms with Crippen molar-refractivity contribution in [1.82, 2.24) is 0 Å². The molecule has 12 atom stereocenters. The number of phenols is 1. The summed E-state index contributed by atoms with van der Waals surface area (Å²) in [5.74, 6) is 2.44. The average Bonchev–Trinajstić information content (AvgIpc) is 1.57. The number of benzene rings is 14. The lowest BCUT2D eigenvalue weighted by Crippen LogP contribution is -2.45. The molecular weight excluding hydrogens is 1880 g/mol. The fourth-order valence-corrected chi connectivity index (χ4v) is 32.1. The van der Waals surface area contributed by atoms with Gasteiger partial charge >= 0.3 is 29.8 Å². The van der Waals surface area contributed by atoms with Gasteiger partial charge < -0.3 is 48.1 Å². The molecule has 15 nitrogen and oxygen atoms in total.